The van der Waals surface area contributed by atoms with Crippen LogP contribution in [0, 0.1) is 6.92 Å². The number of nitrogens with one attached hydrogen (secondary N) is 2. The number of hydrogen-bond donors (Lipinski definition) is 2. The lowest BCUT2D eigenvalue weighted by Gasteiger charge is -2.26. The van der Waals surface area contributed by atoms with Crippen molar-refractivity contribution in [1.29, 1.82) is 0 Å². The van der Waals surface area contributed by atoms with Crippen LogP contribution in [0.3, 0.4) is 0 Å². The Labute approximate surface area is 150 Å². The van der Waals surface area contributed by atoms with E-state index in [2.05, 4.69) is 20.8 Å². The standard InChI is InChI=1S/C17H22N4O3S/c1-12-19-16(21-24-12)17(8-2-3-9-17)20-14(22)7-4-10-18-15(23)13-6-5-11-25-13/h5-6,11H,2-4,7-10H2,1H3,(H,18,23)(H,20,22). The van der Waals surface area contributed by atoms with Gasteiger partial charge in [0.05, 0.1) is 4.88 Å². The maximum atomic E-state index is 12.3. The van der Waals surface area contributed by atoms with Gasteiger partial charge in [-0.15, -0.1) is 11.3 Å². The van der Waals surface area contributed by atoms with Crippen LogP contribution in [0.2, 0.25) is 0 Å². The Balaban J connectivity index is 1.47. The Bertz CT molecular complexity index is 720. The molecular formula is C17H22N4O3S. The Morgan fingerprint density at radius 2 is 2.16 bits per heavy atom. The molecule has 0 unspecified atom stereocenters. The summed E-state index contributed by atoms with van der Waals surface area (Å²) in [7, 11) is 0. The number of hydrogen-bond acceptors (Lipinski definition) is 6. The van der Waals surface area contributed by atoms with Crippen LogP contribution in [-0.2, 0) is 10.3 Å². The minimum Gasteiger partial charge on any atom is -0.351 e. The van der Waals surface area contributed by atoms with E-state index in [1.807, 2.05) is 11.4 Å². The van der Waals surface area contributed by atoms with Gasteiger partial charge in [-0.05, 0) is 30.7 Å². The van der Waals surface area contributed by atoms with E-state index in [1.54, 1.807) is 13.0 Å². The molecule has 0 atom stereocenters. The number of thiophene rings is 1. The maximum Gasteiger partial charge on any atom is 0.261 e. The zero-order valence-corrected chi connectivity index (χ0v) is 15.0. The molecule has 0 saturated heterocycles. The van der Waals surface area contributed by atoms with Crippen LogP contribution in [0.15, 0.2) is 22.0 Å². The first-order chi connectivity index (χ1) is 12.1. The number of amides is 2. The fourth-order valence-electron chi connectivity index (χ4n) is 3.15. The van der Waals surface area contributed by atoms with Crippen molar-refractivity contribution in [3.05, 3.63) is 34.1 Å². The zero-order valence-electron chi connectivity index (χ0n) is 14.2. The van der Waals surface area contributed by atoms with Gasteiger partial charge >= 0.3 is 0 Å². The monoisotopic (exact) mass is 362 g/mol. The third-order valence-electron chi connectivity index (χ3n) is 4.40. The second-order valence-corrected chi connectivity index (χ2v) is 7.26. The number of nitrogens with zero attached hydrogens (tertiary/aromatic N) is 2. The summed E-state index contributed by atoms with van der Waals surface area (Å²) in [5.41, 5.74) is -0.505. The molecule has 1 aliphatic rings. The highest BCUT2D eigenvalue weighted by atomic mass is 32.1. The second kappa shape index (κ2) is 7.77. The summed E-state index contributed by atoms with van der Waals surface area (Å²) < 4.78 is 5.08. The zero-order chi connectivity index (χ0) is 17.7. The fourth-order valence-corrected chi connectivity index (χ4v) is 3.79. The summed E-state index contributed by atoms with van der Waals surface area (Å²) in [6.45, 7) is 2.22. The van der Waals surface area contributed by atoms with Gasteiger partial charge in [0.15, 0.2) is 5.82 Å². The van der Waals surface area contributed by atoms with Crippen molar-refractivity contribution in [3.63, 3.8) is 0 Å². The minimum absolute atomic E-state index is 0.0466. The topological polar surface area (TPSA) is 97.1 Å². The van der Waals surface area contributed by atoms with Gasteiger partial charge in [-0.1, -0.05) is 24.1 Å². The first-order valence-electron chi connectivity index (χ1n) is 8.53. The fraction of sp³-hybridized carbons (Fsp3) is 0.529. The van der Waals surface area contributed by atoms with E-state index < -0.39 is 5.54 Å². The van der Waals surface area contributed by atoms with Gasteiger partial charge < -0.3 is 15.2 Å². The van der Waals surface area contributed by atoms with Crippen molar-refractivity contribution >= 4 is 23.2 Å². The predicted octanol–water partition coefficient (Wildman–Crippen LogP) is 2.54. The lowest BCUT2D eigenvalue weighted by atomic mass is 9.96. The third-order valence-corrected chi connectivity index (χ3v) is 5.27. The van der Waals surface area contributed by atoms with E-state index in [4.69, 9.17) is 4.52 Å². The van der Waals surface area contributed by atoms with Crippen LogP contribution in [0.5, 0.6) is 0 Å². The molecule has 2 aromatic heterocycles. The van der Waals surface area contributed by atoms with Crippen LogP contribution in [0.1, 0.15) is 59.9 Å². The highest BCUT2D eigenvalue weighted by Crippen LogP contribution is 2.37. The van der Waals surface area contributed by atoms with Gasteiger partial charge in [0.25, 0.3) is 5.91 Å². The van der Waals surface area contributed by atoms with Gasteiger partial charge in [-0.3, -0.25) is 9.59 Å². The van der Waals surface area contributed by atoms with Crippen molar-refractivity contribution in [3.8, 4) is 0 Å². The predicted molar refractivity (Wildman–Crippen MR) is 93.2 cm³/mol. The van der Waals surface area contributed by atoms with E-state index in [0.29, 0.717) is 36.0 Å². The number of aryl methyl sites for hydroxylation is 1. The molecular weight excluding hydrogens is 340 g/mol. The van der Waals surface area contributed by atoms with E-state index in [0.717, 1.165) is 25.7 Å². The summed E-state index contributed by atoms with van der Waals surface area (Å²) in [6.07, 6.45) is 4.66. The molecule has 2 heterocycles. The van der Waals surface area contributed by atoms with Crippen molar-refractivity contribution < 1.29 is 14.1 Å². The first kappa shape index (κ1) is 17.6. The third kappa shape index (κ3) is 4.25. The minimum atomic E-state index is -0.505. The number of carbonyl (C=O) groups excluding carboxylic acids is 2. The van der Waals surface area contributed by atoms with Crippen LogP contribution in [0.25, 0.3) is 0 Å². The summed E-state index contributed by atoms with van der Waals surface area (Å²) in [5, 5.41) is 11.8. The molecule has 8 heteroatoms. The summed E-state index contributed by atoms with van der Waals surface area (Å²) in [5.74, 6) is 0.938. The Morgan fingerprint density at radius 1 is 1.36 bits per heavy atom. The average Bonchev–Trinajstić information content (AvgIpc) is 3.32. The Hall–Kier alpha value is -2.22. The largest absolute Gasteiger partial charge is 0.351 e. The second-order valence-electron chi connectivity index (χ2n) is 6.31. The van der Waals surface area contributed by atoms with Crippen molar-refractivity contribution in [2.24, 2.45) is 0 Å². The first-order valence-corrected chi connectivity index (χ1v) is 9.40. The smallest absolute Gasteiger partial charge is 0.261 e. The van der Waals surface area contributed by atoms with Crippen LogP contribution >= 0.6 is 11.3 Å². The average molecular weight is 362 g/mol. The molecule has 2 amide bonds. The molecule has 2 N–H and O–H groups in total. The van der Waals surface area contributed by atoms with Gasteiger partial charge in [-0.25, -0.2) is 0 Å². The Kier molecular flexibility index (Phi) is 5.47. The van der Waals surface area contributed by atoms with Crippen molar-refractivity contribution in [2.75, 3.05) is 6.54 Å². The van der Waals surface area contributed by atoms with Crippen LogP contribution in [0.4, 0.5) is 0 Å². The molecule has 3 rings (SSSR count). The summed E-state index contributed by atoms with van der Waals surface area (Å²) >= 11 is 1.40. The SMILES string of the molecule is Cc1nc(C2(NC(=O)CCCNC(=O)c3cccs3)CCCC2)no1. The quantitative estimate of drug-likeness (QED) is 0.738. The van der Waals surface area contributed by atoms with E-state index in [1.165, 1.54) is 11.3 Å². The van der Waals surface area contributed by atoms with E-state index in [-0.39, 0.29) is 11.8 Å². The van der Waals surface area contributed by atoms with E-state index >= 15 is 0 Å². The molecule has 7 nitrogen and oxygen atoms in total. The number of aromatic nitrogens is 2. The molecule has 134 valence electrons. The lowest BCUT2D eigenvalue weighted by molar-refractivity contribution is -0.123. The maximum absolute atomic E-state index is 12.3. The number of carbonyl (C=O) groups is 2. The number of rotatable bonds is 7. The highest BCUT2D eigenvalue weighted by molar-refractivity contribution is 7.12. The lowest BCUT2D eigenvalue weighted by Crippen LogP contribution is -2.44. The molecule has 0 aromatic carbocycles. The summed E-state index contributed by atoms with van der Waals surface area (Å²) in [6, 6.07) is 3.62. The molecule has 25 heavy (non-hydrogen) atoms. The molecule has 2 aromatic rings. The van der Waals surface area contributed by atoms with Crippen molar-refractivity contribution in [2.45, 2.75) is 51.0 Å². The normalized spacial score (nSPS) is 15.9. The molecule has 1 aliphatic carbocycles. The van der Waals surface area contributed by atoms with Crippen LogP contribution < -0.4 is 10.6 Å². The summed E-state index contributed by atoms with van der Waals surface area (Å²) in [4.78, 5) is 29.2. The molecule has 0 spiro atoms. The molecule has 0 radical (unpaired) electrons. The molecule has 1 saturated carbocycles. The van der Waals surface area contributed by atoms with Gasteiger partial charge in [0.2, 0.25) is 11.8 Å². The molecule has 1 fully saturated rings. The van der Waals surface area contributed by atoms with Crippen molar-refractivity contribution in [1.82, 2.24) is 20.8 Å². The Morgan fingerprint density at radius 3 is 2.80 bits per heavy atom. The molecule has 0 aliphatic heterocycles. The van der Waals surface area contributed by atoms with Gasteiger partial charge in [-0.2, -0.15) is 4.98 Å². The van der Waals surface area contributed by atoms with Crippen LogP contribution in [-0.4, -0.2) is 28.5 Å². The van der Waals surface area contributed by atoms with E-state index in [9.17, 15) is 9.59 Å². The highest BCUT2D eigenvalue weighted by Gasteiger charge is 2.41. The van der Waals surface area contributed by atoms with Gasteiger partial charge in [0.1, 0.15) is 5.54 Å². The van der Waals surface area contributed by atoms with Gasteiger partial charge in [0, 0.05) is 19.9 Å². The molecule has 0 bridgehead atoms.